The molecule has 0 bridgehead atoms. The van der Waals surface area contributed by atoms with E-state index in [4.69, 9.17) is 5.73 Å². The average molecular weight is 315 g/mol. The topological polar surface area (TPSA) is 77.0 Å². The highest BCUT2D eigenvalue weighted by Crippen LogP contribution is 2.19. The number of aromatic nitrogens is 3. The molecule has 2 rings (SSSR count). The van der Waals surface area contributed by atoms with Gasteiger partial charge in [0.1, 0.15) is 5.82 Å². The van der Waals surface area contributed by atoms with Crippen molar-refractivity contribution in [3.8, 4) is 0 Å². The van der Waals surface area contributed by atoms with Gasteiger partial charge in [-0.3, -0.25) is 0 Å². The molecule has 5 nitrogen and oxygen atoms in total. The molecule has 7 heteroatoms. The zero-order valence-electron chi connectivity index (χ0n) is 11.3. The summed E-state index contributed by atoms with van der Waals surface area (Å²) in [6.07, 6.45) is -0.367. The second-order valence-electron chi connectivity index (χ2n) is 4.33. The molecule has 2 aromatic rings. The lowest BCUT2D eigenvalue weighted by atomic mass is 10.2. The fraction of sp³-hybridized carbons (Fsp3) is 0.385. The van der Waals surface area contributed by atoms with Crippen LogP contribution in [0.2, 0.25) is 0 Å². The van der Waals surface area contributed by atoms with Crippen molar-refractivity contribution < 1.29 is 5.11 Å². The summed E-state index contributed by atoms with van der Waals surface area (Å²) in [5, 5.41) is 18.4. The molecule has 1 aromatic carbocycles. The minimum absolute atomic E-state index is 0. The van der Waals surface area contributed by atoms with E-state index in [9.17, 15) is 5.11 Å². The molecule has 1 atom stereocenters. The number of hydrogen-bond acceptors (Lipinski definition) is 5. The SMILES string of the molecule is CC(O)CSc1nnc(CN)n1Cc1ccccc1.Cl. The van der Waals surface area contributed by atoms with Gasteiger partial charge in [0.15, 0.2) is 5.16 Å². The Balaban J connectivity index is 0.00000200. The largest absolute Gasteiger partial charge is 0.393 e. The molecule has 110 valence electrons. The number of aliphatic hydroxyl groups is 1. The Hall–Kier alpha value is -1.08. The molecular formula is C13H19ClN4OS. The molecule has 3 N–H and O–H groups in total. The molecule has 0 saturated heterocycles. The van der Waals surface area contributed by atoms with Gasteiger partial charge in [0.2, 0.25) is 0 Å². The predicted octanol–water partition coefficient (Wildman–Crippen LogP) is 1.68. The molecule has 20 heavy (non-hydrogen) atoms. The van der Waals surface area contributed by atoms with Crippen LogP contribution in [0.15, 0.2) is 35.5 Å². The highest BCUT2D eigenvalue weighted by atomic mass is 35.5. The molecule has 0 radical (unpaired) electrons. The molecule has 1 aromatic heterocycles. The predicted molar refractivity (Wildman–Crippen MR) is 83.1 cm³/mol. The van der Waals surface area contributed by atoms with Crippen LogP contribution in [-0.4, -0.2) is 31.7 Å². The average Bonchev–Trinajstić information content (AvgIpc) is 2.80. The van der Waals surface area contributed by atoms with Crippen LogP contribution in [0.4, 0.5) is 0 Å². The van der Waals surface area contributed by atoms with Gasteiger partial charge in [-0.1, -0.05) is 42.1 Å². The summed E-state index contributed by atoms with van der Waals surface area (Å²) in [5.41, 5.74) is 6.87. The standard InChI is InChI=1S/C13H18N4OS.ClH/c1-10(18)9-19-13-16-15-12(7-14)17(13)8-11-5-3-2-4-6-11;/h2-6,10,18H,7-9,14H2,1H3;1H. The Morgan fingerprint density at radius 1 is 1.30 bits per heavy atom. The van der Waals surface area contributed by atoms with E-state index in [1.165, 1.54) is 17.3 Å². The highest BCUT2D eigenvalue weighted by molar-refractivity contribution is 7.99. The van der Waals surface area contributed by atoms with Crippen molar-refractivity contribution in [2.75, 3.05) is 5.75 Å². The molecule has 0 fully saturated rings. The van der Waals surface area contributed by atoms with Crippen LogP contribution in [0.3, 0.4) is 0 Å². The number of nitrogens with zero attached hydrogens (tertiary/aromatic N) is 3. The third-order valence-electron chi connectivity index (χ3n) is 2.61. The van der Waals surface area contributed by atoms with Crippen LogP contribution in [-0.2, 0) is 13.1 Å². The fourth-order valence-corrected chi connectivity index (χ4v) is 2.51. The van der Waals surface area contributed by atoms with Gasteiger partial charge < -0.3 is 15.4 Å². The number of hydrogen-bond donors (Lipinski definition) is 2. The van der Waals surface area contributed by atoms with E-state index in [0.29, 0.717) is 18.8 Å². The normalized spacial score (nSPS) is 11.9. The van der Waals surface area contributed by atoms with Crippen LogP contribution in [0, 0.1) is 0 Å². The second-order valence-corrected chi connectivity index (χ2v) is 5.32. The quantitative estimate of drug-likeness (QED) is 0.793. The number of benzene rings is 1. The maximum Gasteiger partial charge on any atom is 0.191 e. The van der Waals surface area contributed by atoms with Gasteiger partial charge in [0, 0.05) is 5.75 Å². The molecular weight excluding hydrogens is 296 g/mol. The first kappa shape index (κ1) is 17.0. The summed E-state index contributed by atoms with van der Waals surface area (Å²) < 4.78 is 2.00. The van der Waals surface area contributed by atoms with E-state index in [0.717, 1.165) is 11.0 Å². The van der Waals surface area contributed by atoms with E-state index in [-0.39, 0.29) is 18.5 Å². The lowest BCUT2D eigenvalue weighted by Crippen LogP contribution is -2.11. The zero-order valence-corrected chi connectivity index (χ0v) is 12.9. The second kappa shape index (κ2) is 8.26. The van der Waals surface area contributed by atoms with E-state index in [1.807, 2.05) is 22.8 Å². The van der Waals surface area contributed by atoms with Gasteiger partial charge in [-0.25, -0.2) is 0 Å². The summed E-state index contributed by atoms with van der Waals surface area (Å²) >= 11 is 1.49. The van der Waals surface area contributed by atoms with Crippen molar-refractivity contribution in [3.63, 3.8) is 0 Å². The fourth-order valence-electron chi connectivity index (χ4n) is 1.70. The first-order valence-electron chi connectivity index (χ1n) is 6.17. The van der Waals surface area contributed by atoms with Gasteiger partial charge in [-0.05, 0) is 12.5 Å². The summed E-state index contributed by atoms with van der Waals surface area (Å²) in [6.45, 7) is 2.81. The Kier molecular flexibility index (Phi) is 7.01. The maximum atomic E-state index is 9.36. The summed E-state index contributed by atoms with van der Waals surface area (Å²) in [5.74, 6) is 1.36. The smallest absolute Gasteiger partial charge is 0.191 e. The van der Waals surface area contributed by atoms with Crippen molar-refractivity contribution >= 4 is 24.2 Å². The van der Waals surface area contributed by atoms with Crippen molar-refractivity contribution in [1.29, 1.82) is 0 Å². The van der Waals surface area contributed by atoms with E-state index < -0.39 is 0 Å². The van der Waals surface area contributed by atoms with Crippen LogP contribution in [0.25, 0.3) is 0 Å². The molecule has 0 aliphatic carbocycles. The van der Waals surface area contributed by atoms with Gasteiger partial charge in [0.25, 0.3) is 0 Å². The van der Waals surface area contributed by atoms with Crippen LogP contribution >= 0.6 is 24.2 Å². The monoisotopic (exact) mass is 314 g/mol. The number of thioether (sulfide) groups is 1. The number of aliphatic hydroxyl groups excluding tert-OH is 1. The molecule has 1 heterocycles. The molecule has 0 saturated carbocycles. The van der Waals surface area contributed by atoms with Crippen LogP contribution in [0.5, 0.6) is 0 Å². The third-order valence-corrected chi connectivity index (χ3v) is 3.82. The van der Waals surface area contributed by atoms with Crippen molar-refractivity contribution in [3.05, 3.63) is 41.7 Å². The minimum Gasteiger partial charge on any atom is -0.393 e. The zero-order chi connectivity index (χ0) is 13.7. The van der Waals surface area contributed by atoms with E-state index >= 15 is 0 Å². The Bertz CT molecular complexity index is 518. The van der Waals surface area contributed by atoms with Gasteiger partial charge >= 0.3 is 0 Å². The van der Waals surface area contributed by atoms with E-state index in [2.05, 4.69) is 22.3 Å². The van der Waals surface area contributed by atoms with Gasteiger partial charge in [0.05, 0.1) is 19.2 Å². The number of rotatable bonds is 6. The summed E-state index contributed by atoms with van der Waals surface area (Å²) in [4.78, 5) is 0. The van der Waals surface area contributed by atoms with Crippen LogP contribution in [0.1, 0.15) is 18.3 Å². The Morgan fingerprint density at radius 2 is 2.00 bits per heavy atom. The molecule has 0 amide bonds. The summed E-state index contributed by atoms with van der Waals surface area (Å²) in [7, 11) is 0. The van der Waals surface area contributed by atoms with E-state index in [1.54, 1.807) is 6.92 Å². The number of nitrogens with two attached hydrogens (primary N) is 1. The first-order chi connectivity index (χ1) is 9.20. The Morgan fingerprint density at radius 3 is 2.60 bits per heavy atom. The maximum absolute atomic E-state index is 9.36. The van der Waals surface area contributed by atoms with Gasteiger partial charge in [-0.2, -0.15) is 0 Å². The molecule has 0 aliphatic heterocycles. The lowest BCUT2D eigenvalue weighted by molar-refractivity contribution is 0.220. The first-order valence-corrected chi connectivity index (χ1v) is 7.16. The van der Waals surface area contributed by atoms with Crippen molar-refractivity contribution in [1.82, 2.24) is 14.8 Å². The van der Waals surface area contributed by atoms with Crippen molar-refractivity contribution in [2.45, 2.75) is 31.3 Å². The van der Waals surface area contributed by atoms with Crippen molar-refractivity contribution in [2.24, 2.45) is 5.73 Å². The Labute approximate surface area is 129 Å². The number of halogens is 1. The van der Waals surface area contributed by atoms with Gasteiger partial charge in [-0.15, -0.1) is 22.6 Å². The summed E-state index contributed by atoms with van der Waals surface area (Å²) in [6, 6.07) is 10.1. The third kappa shape index (κ3) is 4.49. The molecule has 0 spiro atoms. The highest BCUT2D eigenvalue weighted by Gasteiger charge is 2.12. The molecule has 1 unspecified atom stereocenters. The molecule has 0 aliphatic rings. The minimum atomic E-state index is -0.367. The lowest BCUT2D eigenvalue weighted by Gasteiger charge is -2.10. The van der Waals surface area contributed by atoms with Crippen LogP contribution < -0.4 is 5.73 Å².